The van der Waals surface area contributed by atoms with Gasteiger partial charge in [-0.05, 0) is 49.1 Å². The molecule has 0 saturated carbocycles. The molecule has 1 atom stereocenters. The highest BCUT2D eigenvalue weighted by Crippen LogP contribution is 2.33. The first-order valence-electron chi connectivity index (χ1n) is 11.1. The molecular weight excluding hydrogens is 442 g/mol. The SMILES string of the molecule is CSCC(CNc1cc(-c2ccc(C)nc2)ncn1)c1cccc2c(-c3ccco3)ccnc12. The molecule has 0 fully saturated rings. The van der Waals surface area contributed by atoms with Crippen LogP contribution in [0.4, 0.5) is 5.82 Å². The van der Waals surface area contributed by atoms with Gasteiger partial charge in [0.25, 0.3) is 0 Å². The van der Waals surface area contributed by atoms with Crippen molar-refractivity contribution in [2.75, 3.05) is 23.9 Å². The highest BCUT2D eigenvalue weighted by Gasteiger charge is 2.17. The zero-order valence-electron chi connectivity index (χ0n) is 19.1. The minimum atomic E-state index is 0.248. The molecule has 0 bridgehead atoms. The van der Waals surface area contributed by atoms with Gasteiger partial charge in [-0.2, -0.15) is 11.8 Å². The van der Waals surface area contributed by atoms with Crippen LogP contribution in [0.15, 0.2) is 84.0 Å². The fourth-order valence-electron chi connectivity index (χ4n) is 4.09. The molecule has 1 N–H and O–H groups in total. The summed E-state index contributed by atoms with van der Waals surface area (Å²) in [6.07, 6.45) is 9.13. The summed E-state index contributed by atoms with van der Waals surface area (Å²) in [5, 5.41) is 4.62. The molecule has 0 aliphatic rings. The largest absolute Gasteiger partial charge is 0.464 e. The van der Waals surface area contributed by atoms with Crippen LogP contribution in [0.25, 0.3) is 33.5 Å². The smallest absolute Gasteiger partial charge is 0.134 e. The third-order valence-corrected chi connectivity index (χ3v) is 6.54. The van der Waals surface area contributed by atoms with Crippen LogP contribution in [0, 0.1) is 6.92 Å². The monoisotopic (exact) mass is 467 g/mol. The first-order valence-corrected chi connectivity index (χ1v) is 12.5. The van der Waals surface area contributed by atoms with Crippen LogP contribution in [0.2, 0.25) is 0 Å². The van der Waals surface area contributed by atoms with E-state index >= 15 is 0 Å². The second-order valence-corrected chi connectivity index (χ2v) is 9.00. The average molecular weight is 468 g/mol. The lowest BCUT2D eigenvalue weighted by Gasteiger charge is -2.19. The van der Waals surface area contributed by atoms with Crippen molar-refractivity contribution < 1.29 is 4.42 Å². The normalized spacial score (nSPS) is 12.1. The number of anilines is 1. The molecule has 1 aromatic carbocycles. The van der Waals surface area contributed by atoms with Gasteiger partial charge in [-0.1, -0.05) is 18.2 Å². The second-order valence-electron chi connectivity index (χ2n) is 8.09. The van der Waals surface area contributed by atoms with Crippen LogP contribution in [0.5, 0.6) is 0 Å². The number of hydrogen-bond donors (Lipinski definition) is 1. The third-order valence-electron chi connectivity index (χ3n) is 5.80. The zero-order chi connectivity index (χ0) is 23.3. The van der Waals surface area contributed by atoms with E-state index in [1.807, 2.05) is 67.5 Å². The van der Waals surface area contributed by atoms with Crippen molar-refractivity contribution in [2.45, 2.75) is 12.8 Å². The maximum absolute atomic E-state index is 5.67. The Morgan fingerprint density at radius 2 is 1.94 bits per heavy atom. The van der Waals surface area contributed by atoms with Gasteiger partial charge in [0.1, 0.15) is 17.9 Å². The predicted molar refractivity (Wildman–Crippen MR) is 139 cm³/mol. The Hall–Kier alpha value is -3.71. The van der Waals surface area contributed by atoms with Crippen LogP contribution < -0.4 is 5.32 Å². The van der Waals surface area contributed by atoms with Gasteiger partial charge in [-0.15, -0.1) is 0 Å². The summed E-state index contributed by atoms with van der Waals surface area (Å²) in [4.78, 5) is 18.0. The Labute approximate surface area is 202 Å². The number of nitrogens with one attached hydrogen (secondary N) is 1. The lowest BCUT2D eigenvalue weighted by atomic mass is 9.95. The molecule has 170 valence electrons. The van der Waals surface area contributed by atoms with Crippen LogP contribution in [-0.2, 0) is 0 Å². The molecular formula is C27H25N5OS. The molecule has 0 spiro atoms. The molecule has 0 aliphatic carbocycles. The fraction of sp³-hybridized carbons (Fsp3) is 0.185. The van der Waals surface area contributed by atoms with E-state index < -0.39 is 0 Å². The van der Waals surface area contributed by atoms with Gasteiger partial charge in [-0.25, -0.2) is 9.97 Å². The number of furan rings is 1. The maximum atomic E-state index is 5.67. The van der Waals surface area contributed by atoms with E-state index in [0.29, 0.717) is 0 Å². The summed E-state index contributed by atoms with van der Waals surface area (Å²) in [6, 6.07) is 18.3. The molecule has 5 rings (SSSR count). The lowest BCUT2D eigenvalue weighted by Crippen LogP contribution is -2.16. The molecule has 4 heterocycles. The summed E-state index contributed by atoms with van der Waals surface area (Å²) in [7, 11) is 0. The first-order chi connectivity index (χ1) is 16.7. The van der Waals surface area contributed by atoms with Crippen molar-refractivity contribution in [3.05, 3.63) is 90.8 Å². The van der Waals surface area contributed by atoms with E-state index in [9.17, 15) is 0 Å². The van der Waals surface area contributed by atoms with Crippen molar-refractivity contribution >= 4 is 28.5 Å². The highest BCUT2D eigenvalue weighted by molar-refractivity contribution is 7.98. The number of aromatic nitrogens is 4. The predicted octanol–water partition coefficient (Wildman–Crippen LogP) is 6.21. The van der Waals surface area contributed by atoms with Gasteiger partial charge in [0.05, 0.1) is 17.5 Å². The average Bonchev–Trinajstić information content (AvgIpc) is 3.41. The van der Waals surface area contributed by atoms with E-state index in [1.165, 1.54) is 5.56 Å². The van der Waals surface area contributed by atoms with Gasteiger partial charge in [0, 0.05) is 58.9 Å². The molecule has 0 saturated heterocycles. The van der Waals surface area contributed by atoms with Gasteiger partial charge in [-0.3, -0.25) is 9.97 Å². The summed E-state index contributed by atoms with van der Waals surface area (Å²) in [5.74, 6) is 2.85. The van der Waals surface area contributed by atoms with Gasteiger partial charge in [0.2, 0.25) is 0 Å². The molecule has 6 nitrogen and oxygen atoms in total. The fourth-order valence-corrected chi connectivity index (χ4v) is 4.79. The Morgan fingerprint density at radius 1 is 1.00 bits per heavy atom. The topological polar surface area (TPSA) is 76.7 Å². The quantitative estimate of drug-likeness (QED) is 0.290. The first kappa shape index (κ1) is 22.1. The third kappa shape index (κ3) is 4.65. The highest BCUT2D eigenvalue weighted by atomic mass is 32.2. The van der Waals surface area contributed by atoms with Crippen molar-refractivity contribution in [1.82, 2.24) is 19.9 Å². The van der Waals surface area contributed by atoms with Gasteiger partial charge in [0.15, 0.2) is 0 Å². The summed E-state index contributed by atoms with van der Waals surface area (Å²) >= 11 is 1.82. The Balaban J connectivity index is 1.43. The number of nitrogens with zero attached hydrogens (tertiary/aromatic N) is 4. The summed E-state index contributed by atoms with van der Waals surface area (Å²) in [5.41, 5.74) is 6.08. The standard InChI is InChI=1S/C27H25N5OS/c1-18-8-9-19(14-29-18)24-13-26(32-17-31-24)30-15-20(16-34-2)21-5-3-6-23-22(10-11-28-27(21)23)25-7-4-12-33-25/h3-14,17,20H,15-16H2,1-2H3,(H,30,31,32). The second kappa shape index (κ2) is 10.1. The van der Waals surface area contributed by atoms with Crippen LogP contribution in [0.3, 0.4) is 0 Å². The molecule has 34 heavy (non-hydrogen) atoms. The number of hydrogen-bond acceptors (Lipinski definition) is 7. The van der Waals surface area contributed by atoms with Gasteiger partial charge >= 0.3 is 0 Å². The maximum Gasteiger partial charge on any atom is 0.134 e. The van der Waals surface area contributed by atoms with Crippen LogP contribution in [0.1, 0.15) is 17.2 Å². The van der Waals surface area contributed by atoms with Gasteiger partial charge < -0.3 is 9.73 Å². The van der Waals surface area contributed by atoms with E-state index in [-0.39, 0.29) is 5.92 Å². The van der Waals surface area contributed by atoms with E-state index in [1.54, 1.807) is 12.6 Å². The van der Waals surface area contributed by atoms with Crippen LogP contribution >= 0.6 is 11.8 Å². The molecule has 0 amide bonds. The minimum Gasteiger partial charge on any atom is -0.464 e. The van der Waals surface area contributed by atoms with Crippen molar-refractivity contribution in [3.8, 4) is 22.6 Å². The number of para-hydroxylation sites is 1. The molecule has 4 aromatic heterocycles. The zero-order valence-corrected chi connectivity index (χ0v) is 19.9. The number of rotatable bonds is 8. The summed E-state index contributed by atoms with van der Waals surface area (Å²) in [6.45, 7) is 2.71. The molecule has 0 aliphatic heterocycles. The number of aryl methyl sites for hydroxylation is 1. The Morgan fingerprint density at radius 3 is 2.74 bits per heavy atom. The summed E-state index contributed by atoms with van der Waals surface area (Å²) < 4.78 is 5.67. The van der Waals surface area contributed by atoms with Crippen molar-refractivity contribution in [1.29, 1.82) is 0 Å². The van der Waals surface area contributed by atoms with E-state index in [0.717, 1.165) is 57.3 Å². The van der Waals surface area contributed by atoms with E-state index in [4.69, 9.17) is 9.40 Å². The number of pyridine rings is 2. The molecule has 7 heteroatoms. The molecule has 5 aromatic rings. The minimum absolute atomic E-state index is 0.248. The number of fused-ring (bicyclic) bond motifs is 1. The lowest BCUT2D eigenvalue weighted by molar-refractivity contribution is 0.583. The molecule has 0 radical (unpaired) electrons. The van der Waals surface area contributed by atoms with Crippen LogP contribution in [-0.4, -0.2) is 38.5 Å². The number of thioether (sulfide) groups is 1. The van der Waals surface area contributed by atoms with E-state index in [2.05, 4.69) is 44.7 Å². The van der Waals surface area contributed by atoms with Crippen molar-refractivity contribution in [2.24, 2.45) is 0 Å². The molecule has 1 unspecified atom stereocenters. The van der Waals surface area contributed by atoms with Crippen molar-refractivity contribution in [3.63, 3.8) is 0 Å². The Bertz CT molecular complexity index is 1390. The number of benzene rings is 1. The Kier molecular flexibility index (Phi) is 6.53.